The standard InChI is InChI=1S/C18H34N2O2.C6H7N/c1-4-9-16(12-15(3)5-2)18-19-21-14-17(22-18)13-20-10-7-6-8-11-20;1-6-4-2-3-5-7-6/h15-17H,4-14H2,1-3H3;2-5H,1H3. The van der Waals surface area contributed by atoms with Gasteiger partial charge >= 0.3 is 0 Å². The van der Waals surface area contributed by atoms with Crippen molar-refractivity contribution in [1.29, 1.82) is 0 Å². The molecule has 3 unspecified atom stereocenters. The van der Waals surface area contributed by atoms with Crippen molar-refractivity contribution >= 4 is 5.90 Å². The second-order valence-electron chi connectivity index (χ2n) is 8.53. The molecule has 164 valence electrons. The van der Waals surface area contributed by atoms with Crippen molar-refractivity contribution in [2.45, 2.75) is 78.7 Å². The van der Waals surface area contributed by atoms with Crippen LogP contribution >= 0.6 is 0 Å². The fourth-order valence-corrected chi connectivity index (χ4v) is 3.89. The molecule has 0 spiro atoms. The van der Waals surface area contributed by atoms with Gasteiger partial charge in [0.15, 0.2) is 6.61 Å². The largest absolute Gasteiger partial charge is 0.470 e. The van der Waals surface area contributed by atoms with Gasteiger partial charge < -0.3 is 9.57 Å². The molecule has 5 heteroatoms. The van der Waals surface area contributed by atoms with Crippen molar-refractivity contribution < 1.29 is 9.57 Å². The Morgan fingerprint density at radius 3 is 2.55 bits per heavy atom. The fourth-order valence-electron chi connectivity index (χ4n) is 3.89. The summed E-state index contributed by atoms with van der Waals surface area (Å²) >= 11 is 0. The lowest BCUT2D eigenvalue weighted by molar-refractivity contribution is -0.0163. The summed E-state index contributed by atoms with van der Waals surface area (Å²) in [6, 6.07) is 5.86. The first-order valence-corrected chi connectivity index (χ1v) is 11.6. The number of aromatic nitrogens is 1. The first-order valence-electron chi connectivity index (χ1n) is 11.6. The summed E-state index contributed by atoms with van der Waals surface area (Å²) in [5.74, 6) is 1.99. The number of nitrogens with zero attached hydrogens (tertiary/aromatic N) is 3. The van der Waals surface area contributed by atoms with E-state index < -0.39 is 0 Å². The summed E-state index contributed by atoms with van der Waals surface area (Å²) < 4.78 is 6.23. The molecule has 0 radical (unpaired) electrons. The summed E-state index contributed by atoms with van der Waals surface area (Å²) in [4.78, 5) is 12.0. The lowest BCUT2D eigenvalue weighted by Gasteiger charge is -2.33. The highest BCUT2D eigenvalue weighted by Gasteiger charge is 2.28. The monoisotopic (exact) mass is 403 g/mol. The topological polar surface area (TPSA) is 47.0 Å². The molecule has 3 heterocycles. The fraction of sp³-hybridized carbons (Fsp3) is 0.750. The van der Waals surface area contributed by atoms with Crippen LogP contribution in [0.25, 0.3) is 0 Å². The van der Waals surface area contributed by atoms with E-state index in [0.29, 0.717) is 18.4 Å². The van der Waals surface area contributed by atoms with E-state index in [1.54, 1.807) is 6.20 Å². The summed E-state index contributed by atoms with van der Waals surface area (Å²) in [5.41, 5.74) is 1.07. The molecule has 29 heavy (non-hydrogen) atoms. The number of aryl methyl sites for hydroxylation is 1. The van der Waals surface area contributed by atoms with Crippen LogP contribution < -0.4 is 0 Å². The Morgan fingerprint density at radius 1 is 1.17 bits per heavy atom. The van der Waals surface area contributed by atoms with E-state index in [4.69, 9.17) is 9.57 Å². The van der Waals surface area contributed by atoms with E-state index in [2.05, 4.69) is 35.8 Å². The third-order valence-corrected chi connectivity index (χ3v) is 5.80. The van der Waals surface area contributed by atoms with Gasteiger partial charge in [0.2, 0.25) is 5.90 Å². The Labute approximate surface area is 177 Å². The average Bonchev–Trinajstić information content (AvgIpc) is 2.75. The maximum absolute atomic E-state index is 6.23. The van der Waals surface area contributed by atoms with Crippen molar-refractivity contribution in [2.24, 2.45) is 17.0 Å². The summed E-state index contributed by atoms with van der Waals surface area (Å²) in [5, 5.41) is 4.25. The van der Waals surface area contributed by atoms with Gasteiger partial charge in [0.1, 0.15) is 6.10 Å². The van der Waals surface area contributed by atoms with Crippen LogP contribution in [-0.4, -0.2) is 48.1 Å². The quantitative estimate of drug-likeness (QED) is 0.579. The molecule has 0 amide bonds. The molecular weight excluding hydrogens is 362 g/mol. The summed E-state index contributed by atoms with van der Waals surface area (Å²) in [6.45, 7) is 12.8. The lowest BCUT2D eigenvalue weighted by Crippen LogP contribution is -2.43. The number of likely N-dealkylation sites (tertiary alicyclic amines) is 1. The zero-order valence-electron chi connectivity index (χ0n) is 19.0. The Balaban J connectivity index is 0.000000360. The van der Waals surface area contributed by atoms with Crippen LogP contribution in [0.4, 0.5) is 0 Å². The number of piperidine rings is 1. The Hall–Kier alpha value is -1.62. The highest BCUT2D eigenvalue weighted by atomic mass is 16.7. The van der Waals surface area contributed by atoms with E-state index in [1.807, 2.05) is 25.1 Å². The van der Waals surface area contributed by atoms with Crippen LogP contribution in [0.1, 0.15) is 71.4 Å². The summed E-state index contributed by atoms with van der Waals surface area (Å²) in [6.07, 6.45) is 10.6. The maximum Gasteiger partial charge on any atom is 0.229 e. The molecule has 5 nitrogen and oxygen atoms in total. The van der Waals surface area contributed by atoms with Gasteiger partial charge in [0, 0.05) is 24.4 Å². The lowest BCUT2D eigenvalue weighted by atomic mass is 9.90. The SMILES string of the molecule is CCCC(CC(C)CC)C1=NOCC(CN2CCCCC2)O1.Cc1ccccn1. The van der Waals surface area contributed by atoms with E-state index in [0.717, 1.165) is 31.0 Å². The molecule has 2 aliphatic heterocycles. The minimum Gasteiger partial charge on any atom is -0.470 e. The Kier molecular flexibility index (Phi) is 11.1. The second-order valence-corrected chi connectivity index (χ2v) is 8.53. The highest BCUT2D eigenvalue weighted by Crippen LogP contribution is 2.24. The molecule has 0 aliphatic carbocycles. The second kappa shape index (κ2) is 13.6. The van der Waals surface area contributed by atoms with Gasteiger partial charge in [-0.3, -0.25) is 9.88 Å². The van der Waals surface area contributed by atoms with Crippen LogP contribution in [-0.2, 0) is 9.57 Å². The predicted octanol–water partition coefficient (Wildman–Crippen LogP) is 5.44. The van der Waals surface area contributed by atoms with Crippen LogP contribution in [0.2, 0.25) is 0 Å². The first kappa shape index (κ1) is 23.7. The zero-order valence-corrected chi connectivity index (χ0v) is 19.0. The molecule has 2 aliphatic rings. The molecule has 0 bridgehead atoms. The van der Waals surface area contributed by atoms with Gasteiger partial charge in [-0.1, -0.05) is 51.3 Å². The zero-order chi connectivity index (χ0) is 20.9. The van der Waals surface area contributed by atoms with Gasteiger partial charge in [-0.25, -0.2) is 0 Å². The Bertz CT molecular complexity index is 573. The predicted molar refractivity (Wildman–Crippen MR) is 120 cm³/mol. The molecule has 3 rings (SSSR count). The van der Waals surface area contributed by atoms with Crippen LogP contribution in [0.5, 0.6) is 0 Å². The molecule has 3 atom stereocenters. The van der Waals surface area contributed by atoms with Crippen molar-refractivity contribution in [2.75, 3.05) is 26.2 Å². The van der Waals surface area contributed by atoms with Crippen LogP contribution in [0.15, 0.2) is 29.6 Å². The molecule has 0 saturated carbocycles. The number of hydrogen-bond acceptors (Lipinski definition) is 5. The van der Waals surface area contributed by atoms with Gasteiger partial charge in [0.05, 0.1) is 0 Å². The van der Waals surface area contributed by atoms with Gasteiger partial charge in [-0.05, 0) is 63.7 Å². The molecule has 1 aromatic heterocycles. The minimum atomic E-state index is 0.155. The molecule has 0 N–H and O–H groups in total. The van der Waals surface area contributed by atoms with E-state index in [1.165, 1.54) is 45.2 Å². The maximum atomic E-state index is 6.23. The molecule has 1 fully saturated rings. The molecular formula is C24H41N3O2. The van der Waals surface area contributed by atoms with Gasteiger partial charge in [-0.2, -0.15) is 0 Å². The van der Waals surface area contributed by atoms with Crippen LogP contribution in [0, 0.1) is 18.8 Å². The average molecular weight is 404 g/mol. The van der Waals surface area contributed by atoms with Crippen molar-refractivity contribution in [3.05, 3.63) is 30.1 Å². The van der Waals surface area contributed by atoms with E-state index >= 15 is 0 Å². The van der Waals surface area contributed by atoms with E-state index in [-0.39, 0.29) is 6.10 Å². The highest BCUT2D eigenvalue weighted by molar-refractivity contribution is 5.78. The van der Waals surface area contributed by atoms with Crippen molar-refractivity contribution in [3.8, 4) is 0 Å². The van der Waals surface area contributed by atoms with Gasteiger partial charge in [0.25, 0.3) is 0 Å². The number of oxime groups is 1. The van der Waals surface area contributed by atoms with Crippen molar-refractivity contribution in [3.63, 3.8) is 0 Å². The van der Waals surface area contributed by atoms with Gasteiger partial charge in [-0.15, -0.1) is 0 Å². The third-order valence-electron chi connectivity index (χ3n) is 5.80. The van der Waals surface area contributed by atoms with E-state index in [9.17, 15) is 0 Å². The molecule has 1 saturated heterocycles. The normalized spacial score (nSPS) is 21.7. The van der Waals surface area contributed by atoms with Crippen LogP contribution in [0.3, 0.4) is 0 Å². The number of hydrogen-bond donors (Lipinski definition) is 0. The molecule has 0 aromatic carbocycles. The molecule has 1 aromatic rings. The first-order chi connectivity index (χ1) is 14.1. The number of pyridine rings is 1. The third kappa shape index (κ3) is 9.16. The summed E-state index contributed by atoms with van der Waals surface area (Å²) in [7, 11) is 0. The smallest absolute Gasteiger partial charge is 0.229 e. The number of rotatable bonds is 8. The Morgan fingerprint density at radius 2 is 1.97 bits per heavy atom. The minimum absolute atomic E-state index is 0.155. The number of ether oxygens (including phenoxy) is 1. The van der Waals surface area contributed by atoms with Crippen molar-refractivity contribution in [1.82, 2.24) is 9.88 Å².